The van der Waals surface area contributed by atoms with Gasteiger partial charge in [0, 0.05) is 19.1 Å². The van der Waals surface area contributed by atoms with Crippen LogP contribution in [-0.4, -0.2) is 47.3 Å². The van der Waals surface area contributed by atoms with Crippen LogP contribution in [-0.2, 0) is 0 Å². The van der Waals surface area contributed by atoms with E-state index in [2.05, 4.69) is 50.4 Å². The third kappa shape index (κ3) is 11.4. The molecule has 0 atom stereocenters. The van der Waals surface area contributed by atoms with Gasteiger partial charge in [0.05, 0.1) is 0 Å². The molecule has 0 amide bonds. The maximum atomic E-state index is 5.03. The average Bonchev–Trinajstić information content (AvgIpc) is 2.48. The highest BCUT2D eigenvalue weighted by Crippen LogP contribution is 2.20. The Hall–Kier alpha value is 0.200. The molecule has 0 aliphatic heterocycles. The molecule has 1 aliphatic rings. The van der Waals surface area contributed by atoms with Gasteiger partial charge in [-0.25, -0.2) is 0 Å². The second-order valence-electron chi connectivity index (χ2n) is 6.23. The Morgan fingerprint density at radius 2 is 1.48 bits per heavy atom. The first-order chi connectivity index (χ1) is 10.0. The van der Waals surface area contributed by atoms with Crippen LogP contribution < -0.4 is 0 Å². The van der Waals surface area contributed by atoms with Crippen molar-refractivity contribution in [1.82, 2.24) is 9.80 Å². The third-order valence-electron chi connectivity index (χ3n) is 4.14. The number of unbranched alkanes of at least 4 members (excludes halogenated alkanes) is 2. The lowest BCUT2D eigenvalue weighted by molar-refractivity contribution is 0.229. The zero-order valence-electron chi connectivity index (χ0n) is 14.6. The summed E-state index contributed by atoms with van der Waals surface area (Å²) in [5.41, 5.74) is 0. The zero-order valence-corrected chi connectivity index (χ0v) is 16.3. The molecule has 0 radical (unpaired) electrons. The van der Waals surface area contributed by atoms with E-state index in [0.717, 1.165) is 23.5 Å². The van der Waals surface area contributed by atoms with Gasteiger partial charge in [0.25, 0.3) is 0 Å². The highest BCUT2D eigenvalue weighted by atomic mass is 32.1. The second-order valence-corrected chi connectivity index (χ2v) is 7.35. The lowest BCUT2D eigenvalue weighted by Gasteiger charge is -2.27. The van der Waals surface area contributed by atoms with E-state index in [1.54, 1.807) is 0 Å². The van der Waals surface area contributed by atoms with Crippen molar-refractivity contribution in [2.24, 2.45) is 0 Å². The van der Waals surface area contributed by atoms with Gasteiger partial charge >= 0.3 is 0 Å². The zero-order chi connectivity index (χ0) is 16.1. The minimum atomic E-state index is 0.747. The molecule has 126 valence electrons. The summed E-state index contributed by atoms with van der Waals surface area (Å²) in [5, 5.41) is 0. The van der Waals surface area contributed by atoms with Gasteiger partial charge in [-0.2, -0.15) is 0 Å². The molecule has 4 heteroatoms. The Morgan fingerprint density at radius 1 is 1.00 bits per heavy atom. The Morgan fingerprint density at radius 3 is 1.76 bits per heavy atom. The van der Waals surface area contributed by atoms with Crippen LogP contribution in [0, 0.1) is 0 Å². The largest absolute Gasteiger partial charge is 0.358 e. The number of thiocarbonyl (C=S) groups is 1. The first-order valence-corrected chi connectivity index (χ1v) is 9.52. The molecule has 0 heterocycles. The fourth-order valence-corrected chi connectivity index (χ4v) is 2.98. The highest BCUT2D eigenvalue weighted by Gasteiger charge is 2.13. The van der Waals surface area contributed by atoms with Crippen molar-refractivity contribution < 1.29 is 0 Å². The smallest absolute Gasteiger partial charge is 0.133 e. The summed E-state index contributed by atoms with van der Waals surface area (Å²) in [6, 6.07) is 0.888. The van der Waals surface area contributed by atoms with E-state index in [9.17, 15) is 0 Å². The van der Waals surface area contributed by atoms with Crippen molar-refractivity contribution in [1.29, 1.82) is 0 Å². The van der Waals surface area contributed by atoms with Gasteiger partial charge in [-0.05, 0) is 39.8 Å². The van der Waals surface area contributed by atoms with Gasteiger partial charge < -0.3 is 9.80 Å². The molecule has 21 heavy (non-hydrogen) atoms. The Balaban J connectivity index is 0.000000394. The van der Waals surface area contributed by atoms with Crippen LogP contribution in [0.15, 0.2) is 0 Å². The lowest BCUT2D eigenvalue weighted by atomic mass is 9.95. The van der Waals surface area contributed by atoms with E-state index in [1.807, 2.05) is 0 Å². The van der Waals surface area contributed by atoms with Crippen LogP contribution in [0.1, 0.15) is 71.6 Å². The first kappa shape index (κ1) is 21.2. The van der Waals surface area contributed by atoms with Crippen LogP contribution in [0.4, 0.5) is 0 Å². The molecule has 0 unspecified atom stereocenters. The molecule has 0 aromatic rings. The predicted octanol–water partition coefficient (Wildman–Crippen LogP) is 4.98. The van der Waals surface area contributed by atoms with Crippen LogP contribution in [0.3, 0.4) is 0 Å². The van der Waals surface area contributed by atoms with Crippen LogP contribution >= 0.6 is 24.8 Å². The van der Waals surface area contributed by atoms with Gasteiger partial charge in [0.1, 0.15) is 4.32 Å². The number of rotatable bonds is 7. The second kappa shape index (κ2) is 13.8. The van der Waals surface area contributed by atoms with E-state index in [0.29, 0.717) is 0 Å². The Kier molecular flexibility index (Phi) is 14.0. The summed E-state index contributed by atoms with van der Waals surface area (Å²) in [6.45, 7) is 6.52. The van der Waals surface area contributed by atoms with Crippen LogP contribution in [0.25, 0.3) is 0 Å². The quantitative estimate of drug-likeness (QED) is 0.519. The number of thiol groups is 1. The predicted molar refractivity (Wildman–Crippen MR) is 104 cm³/mol. The molecule has 0 aromatic heterocycles. The molecular weight excluding hydrogens is 296 g/mol. The molecule has 0 N–H and O–H groups in total. The molecule has 1 aliphatic carbocycles. The van der Waals surface area contributed by atoms with E-state index in [4.69, 9.17) is 12.2 Å². The average molecular weight is 333 g/mol. The summed E-state index contributed by atoms with van der Waals surface area (Å²) < 4.78 is 0.747. The Labute approximate surface area is 144 Å². The van der Waals surface area contributed by atoms with Gasteiger partial charge in [0.15, 0.2) is 0 Å². The topological polar surface area (TPSA) is 6.48 Å². The minimum Gasteiger partial charge on any atom is -0.358 e. The maximum Gasteiger partial charge on any atom is 0.133 e. The fraction of sp³-hybridized carbons (Fsp3) is 0.941. The van der Waals surface area contributed by atoms with E-state index in [-0.39, 0.29) is 0 Å². The molecule has 1 fully saturated rings. The number of hydrogen-bond acceptors (Lipinski definition) is 2. The highest BCUT2D eigenvalue weighted by molar-refractivity contribution is 8.10. The molecule has 0 bridgehead atoms. The van der Waals surface area contributed by atoms with Crippen molar-refractivity contribution in [3.05, 3.63) is 0 Å². The van der Waals surface area contributed by atoms with Gasteiger partial charge in [-0.3, -0.25) is 0 Å². The summed E-state index contributed by atoms with van der Waals surface area (Å²) in [7, 11) is 4.38. The van der Waals surface area contributed by atoms with E-state index in [1.165, 1.54) is 57.8 Å². The summed E-state index contributed by atoms with van der Waals surface area (Å²) in [5.74, 6) is 0. The summed E-state index contributed by atoms with van der Waals surface area (Å²) in [4.78, 5) is 4.55. The third-order valence-corrected chi connectivity index (χ3v) is 4.68. The Bertz CT molecular complexity index is 243. The normalized spacial score (nSPS) is 15.5. The number of hydrogen-bond donors (Lipinski definition) is 1. The molecule has 1 saturated carbocycles. The summed E-state index contributed by atoms with van der Waals surface area (Å²) >= 11 is 9.23. The minimum absolute atomic E-state index is 0.747. The fourth-order valence-electron chi connectivity index (χ4n) is 2.60. The lowest BCUT2D eigenvalue weighted by Crippen LogP contribution is -2.29. The van der Waals surface area contributed by atoms with Gasteiger partial charge in [0.2, 0.25) is 0 Å². The van der Waals surface area contributed by atoms with Crippen LogP contribution in [0.5, 0.6) is 0 Å². The SMILES string of the molecule is CCCCN(CCCC)C(=S)S.CN(C)C1CCCCC1. The standard InChI is InChI=1S/C9H19NS2.C8H17N/c1-3-5-7-10(9(11)12)8-6-4-2;1-9(2)8-6-4-3-5-7-8/h3-8H2,1-2H3,(H,11,12);8H,3-7H2,1-2H3. The molecule has 2 nitrogen and oxygen atoms in total. The molecular formula is C17H36N2S2. The molecule has 0 spiro atoms. The van der Waals surface area contributed by atoms with Crippen molar-refractivity contribution in [3.8, 4) is 0 Å². The first-order valence-electron chi connectivity index (χ1n) is 8.67. The maximum absolute atomic E-state index is 5.03. The monoisotopic (exact) mass is 332 g/mol. The van der Waals surface area contributed by atoms with E-state index >= 15 is 0 Å². The van der Waals surface area contributed by atoms with Crippen molar-refractivity contribution >= 4 is 29.2 Å². The van der Waals surface area contributed by atoms with Gasteiger partial charge in [-0.15, -0.1) is 12.6 Å². The molecule has 0 aromatic carbocycles. The van der Waals surface area contributed by atoms with Crippen molar-refractivity contribution in [2.75, 3.05) is 27.2 Å². The molecule has 0 saturated heterocycles. The van der Waals surface area contributed by atoms with Gasteiger partial charge in [-0.1, -0.05) is 58.2 Å². The van der Waals surface area contributed by atoms with Crippen molar-refractivity contribution in [3.63, 3.8) is 0 Å². The van der Waals surface area contributed by atoms with Crippen LogP contribution in [0.2, 0.25) is 0 Å². The van der Waals surface area contributed by atoms with Crippen molar-refractivity contribution in [2.45, 2.75) is 77.7 Å². The van der Waals surface area contributed by atoms with E-state index < -0.39 is 0 Å². The molecule has 1 rings (SSSR count). The summed E-state index contributed by atoms with van der Waals surface area (Å²) in [6.07, 6.45) is 12.1. The number of nitrogens with zero attached hydrogens (tertiary/aromatic N) is 2.